The summed E-state index contributed by atoms with van der Waals surface area (Å²) in [6.07, 6.45) is 1.13. The molecule has 1 aromatic rings. The first-order chi connectivity index (χ1) is 8.41. The topological polar surface area (TPSA) is 55.6 Å². The van der Waals surface area contributed by atoms with Crippen LogP contribution in [0.5, 0.6) is 0 Å². The Balaban J connectivity index is 1.97. The van der Waals surface area contributed by atoms with Gasteiger partial charge in [-0.25, -0.2) is 4.68 Å². The average Bonchev–Trinajstić information content (AvgIpc) is 2.68. The van der Waals surface area contributed by atoms with E-state index in [4.69, 9.17) is 0 Å². The van der Waals surface area contributed by atoms with Crippen LogP contribution >= 0.6 is 0 Å². The Morgan fingerprint density at radius 3 is 2.44 bits per heavy atom. The van der Waals surface area contributed by atoms with Gasteiger partial charge in [0.25, 0.3) is 0 Å². The lowest BCUT2D eigenvalue weighted by Crippen LogP contribution is -2.19. The van der Waals surface area contributed by atoms with Gasteiger partial charge in [-0.1, -0.05) is 34.6 Å². The quantitative estimate of drug-likeness (QED) is 0.784. The van der Waals surface area contributed by atoms with Gasteiger partial charge in [-0.3, -0.25) is 0 Å². The van der Waals surface area contributed by atoms with Crippen molar-refractivity contribution in [2.45, 2.75) is 54.1 Å². The van der Waals surface area contributed by atoms with E-state index in [9.17, 15) is 0 Å². The molecule has 0 radical (unpaired) electrons. The van der Waals surface area contributed by atoms with Gasteiger partial charge >= 0.3 is 0 Å². The number of nitrogens with one attached hydrogen (secondary N) is 1. The van der Waals surface area contributed by atoms with Crippen LogP contribution in [0.15, 0.2) is 0 Å². The van der Waals surface area contributed by atoms with E-state index in [1.807, 2.05) is 4.68 Å². The van der Waals surface area contributed by atoms with Crippen molar-refractivity contribution in [1.29, 1.82) is 0 Å². The van der Waals surface area contributed by atoms with Crippen molar-refractivity contribution in [2.75, 3.05) is 6.54 Å². The number of aromatic nitrogens is 4. The predicted octanol–water partition coefficient (Wildman–Crippen LogP) is 1.85. The lowest BCUT2D eigenvalue weighted by Gasteiger charge is -2.06. The molecule has 1 fully saturated rings. The minimum atomic E-state index is 0.382. The lowest BCUT2D eigenvalue weighted by molar-refractivity contribution is 0.446. The standard InChI is InChI=1S/C13H25N5/c1-6-7-14-8-11-15-16-17-18(11)9-10-12(2,3)13(10,4)5/h10,14H,6-9H2,1-5H3. The van der Waals surface area contributed by atoms with Crippen LogP contribution in [-0.2, 0) is 13.1 Å². The molecular formula is C13H25N5. The largest absolute Gasteiger partial charge is 0.310 e. The maximum atomic E-state index is 4.12. The minimum Gasteiger partial charge on any atom is -0.310 e. The Kier molecular flexibility index (Phi) is 3.45. The summed E-state index contributed by atoms with van der Waals surface area (Å²) in [5, 5.41) is 15.4. The third-order valence-corrected chi connectivity index (χ3v) is 4.99. The molecule has 0 atom stereocenters. The lowest BCUT2D eigenvalue weighted by atomic mass is 10.0. The summed E-state index contributed by atoms with van der Waals surface area (Å²) < 4.78 is 1.96. The molecule has 0 unspecified atom stereocenters. The Labute approximate surface area is 109 Å². The van der Waals surface area contributed by atoms with Crippen LogP contribution < -0.4 is 5.32 Å². The van der Waals surface area contributed by atoms with Gasteiger partial charge in [0.05, 0.1) is 6.54 Å². The summed E-state index contributed by atoms with van der Waals surface area (Å²) >= 11 is 0. The molecule has 1 saturated carbocycles. The first kappa shape index (κ1) is 13.5. The average molecular weight is 251 g/mol. The van der Waals surface area contributed by atoms with Gasteiger partial charge in [0.2, 0.25) is 0 Å². The number of hydrogen-bond acceptors (Lipinski definition) is 4. The zero-order valence-corrected chi connectivity index (χ0v) is 12.2. The Morgan fingerprint density at radius 2 is 1.89 bits per heavy atom. The number of nitrogens with zero attached hydrogens (tertiary/aromatic N) is 4. The van der Waals surface area contributed by atoms with E-state index < -0.39 is 0 Å². The van der Waals surface area contributed by atoms with Crippen LogP contribution in [-0.4, -0.2) is 26.8 Å². The van der Waals surface area contributed by atoms with Crippen LogP contribution in [0, 0.1) is 16.7 Å². The van der Waals surface area contributed by atoms with Gasteiger partial charge in [0.15, 0.2) is 5.82 Å². The summed E-state index contributed by atoms with van der Waals surface area (Å²) in [5.74, 6) is 1.60. The number of hydrogen-bond donors (Lipinski definition) is 1. The first-order valence-electron chi connectivity index (χ1n) is 6.87. The third-order valence-electron chi connectivity index (χ3n) is 4.99. The van der Waals surface area contributed by atoms with E-state index in [1.165, 1.54) is 0 Å². The smallest absolute Gasteiger partial charge is 0.165 e. The van der Waals surface area contributed by atoms with Crippen LogP contribution in [0.2, 0.25) is 0 Å². The second kappa shape index (κ2) is 4.61. The van der Waals surface area contributed by atoms with Crippen LogP contribution in [0.1, 0.15) is 46.9 Å². The summed E-state index contributed by atoms with van der Waals surface area (Å²) in [6.45, 7) is 14.2. The first-order valence-corrected chi connectivity index (χ1v) is 6.87. The Hall–Kier alpha value is -0.970. The SMILES string of the molecule is CCCNCc1nnnn1CC1C(C)(C)C1(C)C. The van der Waals surface area contributed by atoms with Crippen LogP contribution in [0.25, 0.3) is 0 Å². The molecule has 0 spiro atoms. The predicted molar refractivity (Wildman–Crippen MR) is 70.9 cm³/mol. The van der Waals surface area contributed by atoms with Crippen LogP contribution in [0.4, 0.5) is 0 Å². The van der Waals surface area contributed by atoms with Crippen molar-refractivity contribution in [3.63, 3.8) is 0 Å². The van der Waals surface area contributed by atoms with E-state index in [2.05, 4.69) is 55.5 Å². The van der Waals surface area contributed by atoms with Crippen molar-refractivity contribution < 1.29 is 0 Å². The molecular weight excluding hydrogens is 226 g/mol. The molecule has 5 nitrogen and oxygen atoms in total. The normalized spacial score (nSPS) is 21.2. The molecule has 0 amide bonds. The molecule has 18 heavy (non-hydrogen) atoms. The van der Waals surface area contributed by atoms with Gasteiger partial charge in [-0.15, -0.1) is 5.10 Å². The van der Waals surface area contributed by atoms with Gasteiger partial charge in [0, 0.05) is 6.54 Å². The maximum Gasteiger partial charge on any atom is 0.165 e. The van der Waals surface area contributed by atoms with E-state index in [0.29, 0.717) is 16.7 Å². The number of rotatable bonds is 6. The highest BCUT2D eigenvalue weighted by molar-refractivity contribution is 5.12. The molecule has 0 aliphatic heterocycles. The third kappa shape index (κ3) is 2.16. The highest BCUT2D eigenvalue weighted by Gasteiger charge is 2.64. The van der Waals surface area contributed by atoms with Gasteiger partial charge in [-0.2, -0.15) is 0 Å². The Bertz CT molecular complexity index is 393. The molecule has 1 heterocycles. The van der Waals surface area contributed by atoms with Gasteiger partial charge in [0.1, 0.15) is 0 Å². The second-order valence-electron chi connectivity index (χ2n) is 6.45. The van der Waals surface area contributed by atoms with Gasteiger partial charge in [-0.05, 0) is 40.1 Å². The fourth-order valence-electron chi connectivity index (χ4n) is 2.83. The molecule has 0 saturated heterocycles. The van der Waals surface area contributed by atoms with E-state index in [0.717, 1.165) is 31.9 Å². The summed E-state index contributed by atoms with van der Waals surface area (Å²) in [5.41, 5.74) is 0.764. The molecule has 102 valence electrons. The molecule has 2 rings (SSSR count). The molecule has 1 N–H and O–H groups in total. The summed E-state index contributed by atoms with van der Waals surface area (Å²) in [7, 11) is 0. The zero-order valence-electron chi connectivity index (χ0n) is 12.2. The van der Waals surface area contributed by atoms with E-state index in [1.54, 1.807) is 0 Å². The molecule has 1 aliphatic rings. The zero-order chi connectivity index (χ0) is 13.4. The second-order valence-corrected chi connectivity index (χ2v) is 6.45. The van der Waals surface area contributed by atoms with E-state index in [-0.39, 0.29) is 0 Å². The molecule has 0 aromatic carbocycles. The van der Waals surface area contributed by atoms with Crippen molar-refractivity contribution in [1.82, 2.24) is 25.5 Å². The van der Waals surface area contributed by atoms with Crippen LogP contribution in [0.3, 0.4) is 0 Å². The van der Waals surface area contributed by atoms with Crippen molar-refractivity contribution in [3.05, 3.63) is 5.82 Å². The fraction of sp³-hybridized carbons (Fsp3) is 0.923. The summed E-state index contributed by atoms with van der Waals surface area (Å²) in [4.78, 5) is 0. The monoisotopic (exact) mass is 251 g/mol. The molecule has 1 aromatic heterocycles. The van der Waals surface area contributed by atoms with Gasteiger partial charge < -0.3 is 5.32 Å². The fourth-order valence-corrected chi connectivity index (χ4v) is 2.83. The molecule has 1 aliphatic carbocycles. The van der Waals surface area contributed by atoms with Crippen molar-refractivity contribution in [3.8, 4) is 0 Å². The minimum absolute atomic E-state index is 0.382. The van der Waals surface area contributed by atoms with Crippen molar-refractivity contribution in [2.24, 2.45) is 16.7 Å². The van der Waals surface area contributed by atoms with E-state index >= 15 is 0 Å². The van der Waals surface area contributed by atoms with Crippen molar-refractivity contribution >= 4 is 0 Å². The molecule has 0 bridgehead atoms. The maximum absolute atomic E-state index is 4.12. The Morgan fingerprint density at radius 1 is 1.22 bits per heavy atom. The highest BCUT2D eigenvalue weighted by atomic mass is 15.5. The summed E-state index contributed by atoms with van der Waals surface area (Å²) in [6, 6.07) is 0. The highest BCUT2D eigenvalue weighted by Crippen LogP contribution is 2.68. The number of tetrazole rings is 1. The molecule has 5 heteroatoms.